The molecule has 0 aliphatic carbocycles. The summed E-state index contributed by atoms with van der Waals surface area (Å²) in [6.45, 7) is 0. The molecule has 1 aromatic carbocycles. The first-order chi connectivity index (χ1) is 10.2. The van der Waals surface area contributed by atoms with Crippen molar-refractivity contribution >= 4 is 22.5 Å². The highest BCUT2D eigenvalue weighted by Crippen LogP contribution is 2.15. The summed E-state index contributed by atoms with van der Waals surface area (Å²) in [5.41, 5.74) is 1.45. The van der Waals surface area contributed by atoms with Gasteiger partial charge in [-0.1, -0.05) is 0 Å². The quantitative estimate of drug-likeness (QED) is 0.724. The average molecular weight is 280 g/mol. The molecule has 0 aliphatic rings. The Kier molecular flexibility index (Phi) is 3.51. The number of nitrogens with one attached hydrogen (secondary N) is 1. The van der Waals surface area contributed by atoms with E-state index >= 15 is 0 Å². The van der Waals surface area contributed by atoms with E-state index in [1.165, 1.54) is 12.4 Å². The molecule has 0 amide bonds. The third-order valence-corrected chi connectivity index (χ3v) is 3.16. The summed E-state index contributed by atoms with van der Waals surface area (Å²) < 4.78 is 0. The highest BCUT2D eigenvalue weighted by molar-refractivity contribution is 6.02. The maximum absolute atomic E-state index is 12.1. The minimum atomic E-state index is -0.228. The summed E-state index contributed by atoms with van der Waals surface area (Å²) >= 11 is 0. The molecule has 0 unspecified atom stereocenters. The number of fused-ring (bicyclic) bond motifs is 1. The van der Waals surface area contributed by atoms with Crippen molar-refractivity contribution in [1.29, 1.82) is 0 Å². The van der Waals surface area contributed by atoms with Crippen molar-refractivity contribution in [3.8, 4) is 0 Å². The van der Waals surface area contributed by atoms with Crippen LogP contribution in [0.5, 0.6) is 0 Å². The van der Waals surface area contributed by atoms with Crippen LogP contribution in [0.4, 0.5) is 0 Å². The number of hydrogen-bond donors (Lipinski definition) is 1. The number of benzene rings is 1. The molecule has 6 heteroatoms. The molecule has 0 saturated heterocycles. The Morgan fingerprint density at radius 3 is 2.62 bits per heavy atom. The highest BCUT2D eigenvalue weighted by Gasteiger charge is 2.13. The molecule has 3 rings (SSSR count). The predicted molar refractivity (Wildman–Crippen MR) is 76.0 cm³/mol. The molecule has 0 spiro atoms. The molecule has 0 fully saturated rings. The van der Waals surface area contributed by atoms with Gasteiger partial charge in [0, 0.05) is 36.2 Å². The third-order valence-electron chi connectivity index (χ3n) is 3.16. The van der Waals surface area contributed by atoms with Gasteiger partial charge in [-0.2, -0.15) is 5.10 Å². The van der Waals surface area contributed by atoms with Gasteiger partial charge in [0.1, 0.15) is 0 Å². The number of nitrogens with zero attached hydrogens (tertiary/aromatic N) is 3. The molecule has 2 aromatic heterocycles. The Morgan fingerprint density at radius 1 is 1.05 bits per heavy atom. The second-order valence-corrected chi connectivity index (χ2v) is 4.59. The molecule has 0 atom stereocenters. The second-order valence-electron chi connectivity index (χ2n) is 4.59. The van der Waals surface area contributed by atoms with E-state index in [1.807, 2.05) is 0 Å². The lowest BCUT2D eigenvalue weighted by molar-refractivity contribution is 0.0912. The van der Waals surface area contributed by atoms with Crippen LogP contribution < -0.4 is 0 Å². The van der Waals surface area contributed by atoms with Gasteiger partial charge >= 0.3 is 0 Å². The first kappa shape index (κ1) is 13.1. The lowest BCUT2D eigenvalue weighted by Crippen LogP contribution is -2.08. The Morgan fingerprint density at radius 2 is 1.81 bits per heavy atom. The van der Waals surface area contributed by atoms with Crippen LogP contribution in [-0.2, 0) is 0 Å². The second kappa shape index (κ2) is 5.62. The van der Waals surface area contributed by atoms with E-state index in [0.29, 0.717) is 5.56 Å². The molecule has 1 N–H and O–H groups in total. The Bertz CT molecular complexity index is 796. The molecule has 6 nitrogen and oxygen atoms in total. The summed E-state index contributed by atoms with van der Waals surface area (Å²) in [5, 5.41) is 7.61. The fourth-order valence-corrected chi connectivity index (χ4v) is 2.04. The SMILES string of the molecule is O=C(CCC(=O)c1ncccn1)c1ccc2[nH]ncc2c1. The number of Topliss-reactive ketones (excluding diaryl/α,β-unsaturated/α-hetero) is 2. The van der Waals surface area contributed by atoms with Gasteiger partial charge in [-0.15, -0.1) is 0 Å². The number of aromatic nitrogens is 4. The summed E-state index contributed by atoms with van der Waals surface area (Å²) in [6, 6.07) is 6.94. The van der Waals surface area contributed by atoms with Crippen molar-refractivity contribution in [2.75, 3.05) is 0 Å². The molecule has 2 heterocycles. The van der Waals surface area contributed by atoms with Crippen LogP contribution in [-0.4, -0.2) is 31.7 Å². The molecular formula is C15H12N4O2. The minimum absolute atomic E-state index is 0.0811. The highest BCUT2D eigenvalue weighted by atomic mass is 16.1. The van der Waals surface area contributed by atoms with Gasteiger partial charge in [-0.25, -0.2) is 9.97 Å². The van der Waals surface area contributed by atoms with Gasteiger partial charge in [0.2, 0.25) is 0 Å². The average Bonchev–Trinajstić information content (AvgIpc) is 3.00. The van der Waals surface area contributed by atoms with Crippen LogP contribution in [0.15, 0.2) is 42.9 Å². The lowest BCUT2D eigenvalue weighted by atomic mass is 10.0. The number of rotatable bonds is 5. The van der Waals surface area contributed by atoms with E-state index in [4.69, 9.17) is 0 Å². The molecular weight excluding hydrogens is 268 g/mol. The van der Waals surface area contributed by atoms with E-state index in [-0.39, 0.29) is 30.2 Å². The number of aromatic amines is 1. The van der Waals surface area contributed by atoms with Crippen molar-refractivity contribution in [3.63, 3.8) is 0 Å². The largest absolute Gasteiger partial charge is 0.294 e. The number of carbonyl (C=O) groups excluding carboxylic acids is 2. The molecule has 104 valence electrons. The Hall–Kier alpha value is -2.89. The van der Waals surface area contributed by atoms with Gasteiger partial charge in [0.15, 0.2) is 17.4 Å². The summed E-state index contributed by atoms with van der Waals surface area (Å²) in [6.07, 6.45) is 4.92. The smallest absolute Gasteiger partial charge is 0.200 e. The van der Waals surface area contributed by atoms with Crippen molar-refractivity contribution in [2.45, 2.75) is 12.8 Å². The maximum Gasteiger partial charge on any atom is 0.200 e. The van der Waals surface area contributed by atoms with Crippen molar-refractivity contribution in [1.82, 2.24) is 20.2 Å². The lowest BCUT2D eigenvalue weighted by Gasteiger charge is -2.01. The summed E-state index contributed by atoms with van der Waals surface area (Å²) in [7, 11) is 0. The van der Waals surface area contributed by atoms with Crippen LogP contribution in [0.2, 0.25) is 0 Å². The number of hydrogen-bond acceptors (Lipinski definition) is 5. The monoisotopic (exact) mass is 280 g/mol. The predicted octanol–water partition coefficient (Wildman–Crippen LogP) is 2.20. The first-order valence-corrected chi connectivity index (χ1v) is 6.50. The summed E-state index contributed by atoms with van der Waals surface area (Å²) in [4.78, 5) is 31.7. The molecule has 0 bridgehead atoms. The van der Waals surface area contributed by atoms with Crippen LogP contribution in [0, 0.1) is 0 Å². The number of ketones is 2. The van der Waals surface area contributed by atoms with E-state index in [1.54, 1.807) is 30.5 Å². The van der Waals surface area contributed by atoms with Crippen molar-refractivity contribution in [2.24, 2.45) is 0 Å². The number of H-pyrrole nitrogens is 1. The van der Waals surface area contributed by atoms with Crippen LogP contribution in [0.1, 0.15) is 33.8 Å². The molecule has 0 aliphatic heterocycles. The van der Waals surface area contributed by atoms with Crippen LogP contribution in [0.3, 0.4) is 0 Å². The summed E-state index contributed by atoms with van der Waals surface area (Å²) in [5.74, 6) is -0.161. The van der Waals surface area contributed by atoms with E-state index in [2.05, 4.69) is 20.2 Å². The van der Waals surface area contributed by atoms with Gasteiger partial charge in [-0.05, 0) is 24.3 Å². The standard InChI is InChI=1S/C15H12N4O2/c20-13(4-5-14(21)15-16-6-1-7-17-15)10-2-3-12-11(8-10)9-18-19-12/h1-3,6-9H,4-5H2,(H,18,19). The van der Waals surface area contributed by atoms with Crippen LogP contribution in [0.25, 0.3) is 10.9 Å². The Labute approximate surface area is 120 Å². The molecule has 3 aromatic rings. The zero-order chi connectivity index (χ0) is 14.7. The van der Waals surface area contributed by atoms with Gasteiger partial charge in [0.25, 0.3) is 0 Å². The van der Waals surface area contributed by atoms with Crippen molar-refractivity contribution < 1.29 is 9.59 Å². The van der Waals surface area contributed by atoms with E-state index in [0.717, 1.165) is 10.9 Å². The third kappa shape index (κ3) is 2.84. The number of carbonyl (C=O) groups is 2. The van der Waals surface area contributed by atoms with E-state index in [9.17, 15) is 9.59 Å². The fourth-order valence-electron chi connectivity index (χ4n) is 2.04. The minimum Gasteiger partial charge on any atom is -0.294 e. The Balaban J connectivity index is 1.67. The molecule has 0 saturated carbocycles. The van der Waals surface area contributed by atoms with Crippen molar-refractivity contribution in [3.05, 3.63) is 54.2 Å². The van der Waals surface area contributed by atoms with Gasteiger partial charge < -0.3 is 0 Å². The zero-order valence-electron chi connectivity index (χ0n) is 11.1. The van der Waals surface area contributed by atoms with Gasteiger partial charge in [-0.3, -0.25) is 14.7 Å². The molecule has 0 radical (unpaired) electrons. The first-order valence-electron chi connectivity index (χ1n) is 6.50. The van der Waals surface area contributed by atoms with Crippen LogP contribution >= 0.6 is 0 Å². The molecule has 21 heavy (non-hydrogen) atoms. The zero-order valence-corrected chi connectivity index (χ0v) is 11.1. The fraction of sp³-hybridized carbons (Fsp3) is 0.133. The van der Waals surface area contributed by atoms with E-state index < -0.39 is 0 Å². The topological polar surface area (TPSA) is 88.6 Å². The van der Waals surface area contributed by atoms with Gasteiger partial charge in [0.05, 0.1) is 11.7 Å². The maximum atomic E-state index is 12.1. The normalized spacial score (nSPS) is 10.7.